The molecule has 0 aromatic heterocycles. The molecule has 3 heteroatoms. The van der Waals surface area contributed by atoms with E-state index in [9.17, 15) is 9.18 Å². The Bertz CT molecular complexity index is 335. The SMILES string of the molecule is CCCCCSCC(=O)Cc1ccc(F)cc1. The highest BCUT2D eigenvalue weighted by Gasteiger charge is 2.04. The summed E-state index contributed by atoms with van der Waals surface area (Å²) in [5, 5.41) is 0. The van der Waals surface area contributed by atoms with Crippen molar-refractivity contribution in [2.45, 2.75) is 32.6 Å². The summed E-state index contributed by atoms with van der Waals surface area (Å²) in [7, 11) is 0. The Kier molecular flexibility index (Phi) is 6.94. The molecule has 0 atom stereocenters. The first-order valence-corrected chi connectivity index (χ1v) is 7.21. The summed E-state index contributed by atoms with van der Waals surface area (Å²) in [6.45, 7) is 2.17. The normalized spacial score (nSPS) is 10.5. The molecule has 0 radical (unpaired) electrons. The quantitative estimate of drug-likeness (QED) is 0.655. The van der Waals surface area contributed by atoms with Crippen molar-refractivity contribution in [1.29, 1.82) is 0 Å². The van der Waals surface area contributed by atoms with Crippen molar-refractivity contribution in [2.75, 3.05) is 11.5 Å². The minimum Gasteiger partial charge on any atom is -0.298 e. The van der Waals surface area contributed by atoms with Crippen LogP contribution in [0.2, 0.25) is 0 Å². The second kappa shape index (κ2) is 8.29. The van der Waals surface area contributed by atoms with Gasteiger partial charge in [0, 0.05) is 6.42 Å². The summed E-state index contributed by atoms with van der Waals surface area (Å²) in [4.78, 5) is 11.6. The number of thioether (sulfide) groups is 1. The zero-order valence-electron chi connectivity index (χ0n) is 10.2. The molecule has 0 fully saturated rings. The van der Waals surface area contributed by atoms with Crippen LogP contribution in [0.5, 0.6) is 0 Å². The lowest BCUT2D eigenvalue weighted by Crippen LogP contribution is -2.06. The van der Waals surface area contributed by atoms with Crippen LogP contribution in [0.3, 0.4) is 0 Å². The second-order valence-corrected chi connectivity index (χ2v) is 5.21. The maximum atomic E-state index is 12.7. The third kappa shape index (κ3) is 6.47. The van der Waals surface area contributed by atoms with Gasteiger partial charge in [-0.2, -0.15) is 11.8 Å². The molecule has 0 spiro atoms. The molecular weight excluding hydrogens is 235 g/mol. The number of rotatable bonds is 8. The van der Waals surface area contributed by atoms with E-state index in [1.807, 2.05) is 0 Å². The van der Waals surface area contributed by atoms with Gasteiger partial charge < -0.3 is 0 Å². The summed E-state index contributed by atoms with van der Waals surface area (Å²) in [6, 6.07) is 6.15. The van der Waals surface area contributed by atoms with Crippen LogP contribution >= 0.6 is 11.8 Å². The maximum absolute atomic E-state index is 12.7. The number of unbranched alkanes of at least 4 members (excludes halogenated alkanes) is 2. The fraction of sp³-hybridized carbons (Fsp3) is 0.500. The number of halogens is 1. The Labute approximate surface area is 107 Å². The zero-order chi connectivity index (χ0) is 12.5. The Morgan fingerprint density at radius 3 is 2.59 bits per heavy atom. The van der Waals surface area contributed by atoms with Crippen LogP contribution < -0.4 is 0 Å². The van der Waals surface area contributed by atoms with Gasteiger partial charge in [-0.25, -0.2) is 4.39 Å². The van der Waals surface area contributed by atoms with Crippen molar-refractivity contribution in [1.82, 2.24) is 0 Å². The van der Waals surface area contributed by atoms with Crippen molar-refractivity contribution in [2.24, 2.45) is 0 Å². The molecule has 0 saturated carbocycles. The lowest BCUT2D eigenvalue weighted by atomic mass is 10.1. The van der Waals surface area contributed by atoms with Gasteiger partial charge in [-0.15, -0.1) is 0 Å². The van der Waals surface area contributed by atoms with Crippen molar-refractivity contribution in [3.05, 3.63) is 35.6 Å². The van der Waals surface area contributed by atoms with E-state index in [1.165, 1.54) is 31.4 Å². The lowest BCUT2D eigenvalue weighted by molar-refractivity contribution is -0.116. The van der Waals surface area contributed by atoms with E-state index in [0.29, 0.717) is 12.2 Å². The average Bonchev–Trinajstić information content (AvgIpc) is 2.32. The number of carbonyl (C=O) groups excluding carboxylic acids is 1. The minimum absolute atomic E-state index is 0.220. The Balaban J connectivity index is 2.18. The van der Waals surface area contributed by atoms with E-state index >= 15 is 0 Å². The molecule has 0 heterocycles. The van der Waals surface area contributed by atoms with Crippen molar-refractivity contribution in [3.8, 4) is 0 Å². The molecule has 0 N–H and O–H groups in total. The Morgan fingerprint density at radius 2 is 1.94 bits per heavy atom. The van der Waals surface area contributed by atoms with Gasteiger partial charge in [0.25, 0.3) is 0 Å². The molecule has 0 saturated heterocycles. The molecular formula is C14H19FOS. The van der Waals surface area contributed by atoms with Crippen LogP contribution in [0.15, 0.2) is 24.3 Å². The molecule has 0 unspecified atom stereocenters. The van der Waals surface area contributed by atoms with Gasteiger partial charge >= 0.3 is 0 Å². The largest absolute Gasteiger partial charge is 0.298 e. The molecule has 1 aromatic rings. The highest BCUT2D eigenvalue weighted by Crippen LogP contribution is 2.09. The van der Waals surface area contributed by atoms with Gasteiger partial charge in [-0.3, -0.25) is 4.79 Å². The van der Waals surface area contributed by atoms with Crippen LogP contribution in [-0.2, 0) is 11.2 Å². The van der Waals surface area contributed by atoms with Gasteiger partial charge in [0.1, 0.15) is 11.6 Å². The number of carbonyl (C=O) groups is 1. The number of ketones is 1. The molecule has 94 valence electrons. The van der Waals surface area contributed by atoms with E-state index < -0.39 is 0 Å². The van der Waals surface area contributed by atoms with E-state index in [2.05, 4.69) is 6.92 Å². The van der Waals surface area contributed by atoms with Crippen molar-refractivity contribution < 1.29 is 9.18 Å². The summed E-state index contributed by atoms with van der Waals surface area (Å²) in [5.74, 6) is 1.60. The predicted molar refractivity (Wildman–Crippen MR) is 72.0 cm³/mol. The first kappa shape index (κ1) is 14.2. The summed E-state index contributed by atoms with van der Waals surface area (Å²) >= 11 is 1.70. The topological polar surface area (TPSA) is 17.1 Å². The van der Waals surface area contributed by atoms with Gasteiger partial charge in [0.05, 0.1) is 5.75 Å². The number of hydrogen-bond acceptors (Lipinski definition) is 2. The molecule has 0 aliphatic heterocycles. The second-order valence-electron chi connectivity index (χ2n) is 4.10. The fourth-order valence-corrected chi connectivity index (χ4v) is 2.40. The van der Waals surface area contributed by atoms with Crippen molar-refractivity contribution in [3.63, 3.8) is 0 Å². The zero-order valence-corrected chi connectivity index (χ0v) is 11.1. The Hall–Kier alpha value is -0.830. The molecule has 1 nitrogen and oxygen atoms in total. The van der Waals surface area contributed by atoms with Gasteiger partial charge in [0.15, 0.2) is 0 Å². The average molecular weight is 254 g/mol. The first-order chi connectivity index (χ1) is 8.22. The summed E-state index contributed by atoms with van der Waals surface area (Å²) in [6.07, 6.45) is 4.05. The van der Waals surface area contributed by atoms with Gasteiger partial charge in [-0.05, 0) is 29.9 Å². The first-order valence-electron chi connectivity index (χ1n) is 6.06. The van der Waals surface area contributed by atoms with Gasteiger partial charge in [-0.1, -0.05) is 31.9 Å². The summed E-state index contributed by atoms with van der Waals surface area (Å²) < 4.78 is 12.7. The van der Waals surface area contributed by atoms with Gasteiger partial charge in [0.2, 0.25) is 0 Å². The number of benzene rings is 1. The van der Waals surface area contributed by atoms with Crippen LogP contribution in [-0.4, -0.2) is 17.3 Å². The van der Waals surface area contributed by atoms with E-state index in [-0.39, 0.29) is 11.6 Å². The summed E-state index contributed by atoms with van der Waals surface area (Å²) in [5.41, 5.74) is 0.894. The highest BCUT2D eigenvalue weighted by atomic mass is 32.2. The monoisotopic (exact) mass is 254 g/mol. The fourth-order valence-electron chi connectivity index (χ4n) is 1.52. The minimum atomic E-state index is -0.255. The molecule has 0 bridgehead atoms. The third-order valence-corrected chi connectivity index (χ3v) is 3.57. The molecule has 1 aromatic carbocycles. The van der Waals surface area contributed by atoms with E-state index in [1.54, 1.807) is 23.9 Å². The maximum Gasteiger partial charge on any atom is 0.147 e. The van der Waals surface area contributed by atoms with E-state index in [0.717, 1.165) is 11.3 Å². The van der Waals surface area contributed by atoms with E-state index in [4.69, 9.17) is 0 Å². The molecule has 0 amide bonds. The molecule has 0 aliphatic carbocycles. The Morgan fingerprint density at radius 1 is 1.24 bits per heavy atom. The molecule has 0 aliphatic rings. The standard InChI is InChI=1S/C14H19FOS/c1-2-3-4-9-17-11-14(16)10-12-5-7-13(15)8-6-12/h5-8H,2-4,9-11H2,1H3. The molecule has 1 rings (SSSR count). The van der Waals surface area contributed by atoms with Crippen LogP contribution in [0.1, 0.15) is 31.7 Å². The lowest BCUT2D eigenvalue weighted by Gasteiger charge is -2.02. The highest BCUT2D eigenvalue weighted by molar-refractivity contribution is 7.99. The number of Topliss-reactive ketones (excluding diaryl/α,β-unsaturated/α-hetero) is 1. The molecule has 17 heavy (non-hydrogen) atoms. The van der Waals surface area contributed by atoms with Crippen LogP contribution in [0.4, 0.5) is 4.39 Å². The number of hydrogen-bond donors (Lipinski definition) is 0. The smallest absolute Gasteiger partial charge is 0.147 e. The van der Waals surface area contributed by atoms with Crippen molar-refractivity contribution >= 4 is 17.5 Å². The predicted octanol–water partition coefficient (Wildman–Crippen LogP) is 3.86. The third-order valence-electron chi connectivity index (χ3n) is 2.47. The van der Waals surface area contributed by atoms with Crippen LogP contribution in [0, 0.1) is 5.82 Å². The van der Waals surface area contributed by atoms with Crippen LogP contribution in [0.25, 0.3) is 0 Å².